The first-order valence-corrected chi connectivity index (χ1v) is 13.3. The van der Waals surface area contributed by atoms with Crippen molar-refractivity contribution in [3.63, 3.8) is 0 Å². The fourth-order valence-corrected chi connectivity index (χ4v) is 5.28. The number of fused-ring (bicyclic) bond motifs is 1. The number of hydrogen-bond donors (Lipinski definition) is 1. The summed E-state index contributed by atoms with van der Waals surface area (Å²) >= 11 is 0. The SMILES string of the molecule is CN1CCN(c2ccc(-n3c(-c4cc(-c5cnc6[nH]c(C(F)(F)F)cc6c5)ccn4)cn(C)c3=O)cc2C(F)(F)F)CC1. The van der Waals surface area contributed by atoms with E-state index in [4.69, 9.17) is 0 Å². The van der Waals surface area contributed by atoms with Gasteiger partial charge in [0.25, 0.3) is 0 Å². The van der Waals surface area contributed by atoms with E-state index in [1.165, 1.54) is 53.0 Å². The van der Waals surface area contributed by atoms with Gasteiger partial charge in [0.05, 0.1) is 22.6 Å². The number of nitrogens with one attached hydrogen (secondary N) is 1. The van der Waals surface area contributed by atoms with Crippen molar-refractivity contribution in [3.8, 4) is 28.2 Å². The van der Waals surface area contributed by atoms with Crippen LogP contribution in [0.5, 0.6) is 0 Å². The molecule has 0 bridgehead atoms. The summed E-state index contributed by atoms with van der Waals surface area (Å²) < 4.78 is 84.8. The van der Waals surface area contributed by atoms with E-state index in [2.05, 4.69) is 15.0 Å². The van der Waals surface area contributed by atoms with Crippen LogP contribution in [0.2, 0.25) is 0 Å². The van der Waals surface area contributed by atoms with Gasteiger partial charge < -0.3 is 19.4 Å². The Labute approximate surface area is 240 Å². The lowest BCUT2D eigenvalue weighted by molar-refractivity contribution is -0.140. The molecule has 43 heavy (non-hydrogen) atoms. The molecule has 1 aromatic carbocycles. The molecule has 0 amide bonds. The highest BCUT2D eigenvalue weighted by Crippen LogP contribution is 2.39. The van der Waals surface area contributed by atoms with Gasteiger partial charge in [-0.05, 0) is 55.1 Å². The molecule has 5 aromatic rings. The fourth-order valence-electron chi connectivity index (χ4n) is 5.28. The average Bonchev–Trinajstić information content (AvgIpc) is 3.53. The maximum absolute atomic E-state index is 14.3. The minimum absolute atomic E-state index is 0.0214. The molecule has 1 N–H and O–H groups in total. The summed E-state index contributed by atoms with van der Waals surface area (Å²) in [5.41, 5.74) is -0.648. The third-order valence-electron chi connectivity index (χ3n) is 7.57. The zero-order valence-corrected chi connectivity index (χ0v) is 23.0. The Kier molecular flexibility index (Phi) is 6.83. The summed E-state index contributed by atoms with van der Waals surface area (Å²) in [5, 5.41) is 0.250. The van der Waals surface area contributed by atoms with Crippen LogP contribution in [0, 0.1) is 0 Å². The van der Waals surface area contributed by atoms with Crippen LogP contribution in [0.3, 0.4) is 0 Å². The minimum Gasteiger partial charge on any atom is -0.368 e. The number of imidazole rings is 1. The van der Waals surface area contributed by atoms with Crippen LogP contribution in [-0.2, 0) is 19.4 Å². The van der Waals surface area contributed by atoms with E-state index in [0.29, 0.717) is 37.3 Å². The molecule has 8 nitrogen and oxygen atoms in total. The van der Waals surface area contributed by atoms with E-state index in [-0.39, 0.29) is 33.8 Å². The van der Waals surface area contributed by atoms with Gasteiger partial charge in [-0.15, -0.1) is 0 Å². The van der Waals surface area contributed by atoms with Crippen molar-refractivity contribution < 1.29 is 26.3 Å². The number of pyridine rings is 2. The Balaban J connectivity index is 1.42. The number of piperazine rings is 1. The smallest absolute Gasteiger partial charge is 0.368 e. The number of anilines is 1. The van der Waals surface area contributed by atoms with Crippen molar-refractivity contribution in [2.75, 3.05) is 38.1 Å². The van der Waals surface area contributed by atoms with Gasteiger partial charge in [0.1, 0.15) is 11.3 Å². The minimum atomic E-state index is -4.67. The lowest BCUT2D eigenvalue weighted by atomic mass is 10.1. The Morgan fingerprint density at radius 3 is 2.28 bits per heavy atom. The molecular formula is C29H25F6N7O. The number of alkyl halides is 6. The van der Waals surface area contributed by atoms with Crippen molar-refractivity contribution in [2.24, 2.45) is 7.05 Å². The molecule has 1 saturated heterocycles. The quantitative estimate of drug-likeness (QED) is 0.273. The van der Waals surface area contributed by atoms with E-state index >= 15 is 0 Å². The molecule has 1 aliphatic rings. The molecule has 0 aliphatic carbocycles. The number of hydrogen-bond acceptors (Lipinski definition) is 5. The molecule has 0 saturated carbocycles. The fraction of sp³-hybridized carbons (Fsp3) is 0.276. The molecule has 6 rings (SSSR count). The first-order valence-electron chi connectivity index (χ1n) is 13.3. The second kappa shape index (κ2) is 10.3. The first-order chi connectivity index (χ1) is 20.3. The van der Waals surface area contributed by atoms with Crippen LogP contribution < -0.4 is 10.6 Å². The van der Waals surface area contributed by atoms with Gasteiger partial charge in [-0.1, -0.05) is 0 Å². The third kappa shape index (κ3) is 5.38. The number of aryl methyl sites for hydroxylation is 1. The highest BCUT2D eigenvalue weighted by molar-refractivity contribution is 5.83. The highest BCUT2D eigenvalue weighted by atomic mass is 19.4. The molecule has 224 valence electrons. The number of H-pyrrole nitrogens is 1. The standard InChI is InChI=1S/C29H25F6N7O/c1-39-7-9-41(10-8-39)23-4-3-20(14-21(23)28(30,31)32)42-24(16-40(2)27(42)43)22-12-17(5-6-36-22)19-11-18-13-25(29(33,34)35)38-26(18)37-15-19/h3-6,11-16H,7-10H2,1-2H3,(H,37,38). The first kappa shape index (κ1) is 28.5. The lowest BCUT2D eigenvalue weighted by Crippen LogP contribution is -2.45. The Hall–Kier alpha value is -4.59. The molecular weight excluding hydrogens is 576 g/mol. The lowest BCUT2D eigenvalue weighted by Gasteiger charge is -2.35. The van der Waals surface area contributed by atoms with Gasteiger partial charge >= 0.3 is 18.0 Å². The topological polar surface area (TPSA) is 75.0 Å². The van der Waals surface area contributed by atoms with Gasteiger partial charge in [-0.3, -0.25) is 9.55 Å². The summed E-state index contributed by atoms with van der Waals surface area (Å²) in [5.74, 6) is 0. The third-order valence-corrected chi connectivity index (χ3v) is 7.57. The maximum atomic E-state index is 14.3. The van der Waals surface area contributed by atoms with E-state index in [1.807, 2.05) is 11.9 Å². The zero-order chi connectivity index (χ0) is 30.7. The number of likely N-dealkylation sites (N-methyl/N-ethyl adjacent to an activating group) is 1. The number of aromatic amines is 1. The number of benzene rings is 1. The highest BCUT2D eigenvalue weighted by Gasteiger charge is 2.36. The van der Waals surface area contributed by atoms with Crippen LogP contribution in [-0.4, -0.2) is 62.2 Å². The number of nitrogens with zero attached hydrogens (tertiary/aromatic N) is 6. The Morgan fingerprint density at radius 2 is 1.58 bits per heavy atom. The summed E-state index contributed by atoms with van der Waals surface area (Å²) in [4.78, 5) is 27.7. The average molecular weight is 602 g/mol. The van der Waals surface area contributed by atoms with Crippen LogP contribution >= 0.6 is 0 Å². The normalized spacial score (nSPS) is 15.0. The van der Waals surface area contributed by atoms with Gasteiger partial charge in [0.15, 0.2) is 0 Å². The monoisotopic (exact) mass is 601 g/mol. The second-order valence-corrected chi connectivity index (χ2v) is 10.5. The zero-order valence-electron chi connectivity index (χ0n) is 23.0. The molecule has 0 atom stereocenters. The number of halogens is 6. The molecule has 4 aromatic heterocycles. The van der Waals surface area contributed by atoms with Gasteiger partial charge in [-0.25, -0.2) is 9.78 Å². The Morgan fingerprint density at radius 1 is 0.837 bits per heavy atom. The van der Waals surface area contributed by atoms with Crippen LogP contribution in [0.1, 0.15) is 11.3 Å². The van der Waals surface area contributed by atoms with Crippen LogP contribution in [0.4, 0.5) is 32.0 Å². The molecule has 14 heteroatoms. The predicted octanol–water partition coefficient (Wildman–Crippen LogP) is 5.57. The molecule has 0 unspecified atom stereocenters. The van der Waals surface area contributed by atoms with E-state index < -0.39 is 29.3 Å². The van der Waals surface area contributed by atoms with E-state index in [1.54, 1.807) is 17.0 Å². The molecule has 5 heterocycles. The second-order valence-electron chi connectivity index (χ2n) is 10.5. The number of aromatic nitrogens is 5. The summed E-state index contributed by atoms with van der Waals surface area (Å²) in [6.07, 6.45) is -4.90. The summed E-state index contributed by atoms with van der Waals surface area (Å²) in [6, 6.07) is 9.59. The van der Waals surface area contributed by atoms with E-state index in [9.17, 15) is 31.1 Å². The van der Waals surface area contributed by atoms with Crippen molar-refractivity contribution in [1.82, 2.24) is 29.0 Å². The molecule has 0 radical (unpaired) electrons. The van der Waals surface area contributed by atoms with Crippen molar-refractivity contribution in [2.45, 2.75) is 12.4 Å². The number of rotatable bonds is 4. The maximum Gasteiger partial charge on any atom is 0.431 e. The largest absolute Gasteiger partial charge is 0.431 e. The summed E-state index contributed by atoms with van der Waals surface area (Å²) in [6.45, 7) is 2.12. The van der Waals surface area contributed by atoms with Gasteiger partial charge in [0.2, 0.25) is 0 Å². The van der Waals surface area contributed by atoms with Crippen molar-refractivity contribution in [1.29, 1.82) is 0 Å². The van der Waals surface area contributed by atoms with Crippen molar-refractivity contribution in [3.05, 3.63) is 82.8 Å². The van der Waals surface area contributed by atoms with Crippen LogP contribution in [0.25, 0.3) is 39.2 Å². The van der Waals surface area contributed by atoms with Crippen molar-refractivity contribution >= 4 is 16.7 Å². The van der Waals surface area contributed by atoms with Gasteiger partial charge in [0, 0.05) is 68.5 Å². The predicted molar refractivity (Wildman–Crippen MR) is 149 cm³/mol. The Bertz CT molecular complexity index is 1880. The van der Waals surface area contributed by atoms with E-state index in [0.717, 1.165) is 12.1 Å². The molecule has 0 spiro atoms. The van der Waals surface area contributed by atoms with Gasteiger partial charge in [-0.2, -0.15) is 26.3 Å². The van der Waals surface area contributed by atoms with Crippen LogP contribution in [0.15, 0.2) is 65.8 Å². The summed E-state index contributed by atoms with van der Waals surface area (Å²) in [7, 11) is 3.40. The molecule has 1 aliphatic heterocycles. The molecule has 1 fully saturated rings.